The largest absolute Gasteiger partial charge is 0.323 e. The van der Waals surface area contributed by atoms with E-state index in [9.17, 15) is 4.79 Å². The molecule has 1 aromatic rings. The zero-order chi connectivity index (χ0) is 13.0. The smallest absolute Gasteiger partial charge is 0.235 e. The van der Waals surface area contributed by atoms with E-state index in [1.165, 1.54) is 0 Å². The Balaban J connectivity index is 3.28. The minimum absolute atomic E-state index is 0.0542. The highest BCUT2D eigenvalue weighted by atomic mass is 79.9. The van der Waals surface area contributed by atoms with E-state index in [0.717, 1.165) is 26.9 Å². The molecule has 0 radical (unpaired) electrons. The second kappa shape index (κ2) is 6.66. The number of carbonyl (C=O) groups excluding carboxylic acids is 1. The Labute approximate surface area is 119 Å². The van der Waals surface area contributed by atoms with Crippen LogP contribution in [-0.4, -0.2) is 28.7 Å². The summed E-state index contributed by atoms with van der Waals surface area (Å²) in [6.45, 7) is 3.95. The maximum absolute atomic E-state index is 11.5. The first-order valence-electron chi connectivity index (χ1n) is 5.00. The number of pyridine rings is 1. The molecule has 3 nitrogen and oxygen atoms in total. The van der Waals surface area contributed by atoms with Gasteiger partial charge in [0, 0.05) is 4.90 Å². The van der Waals surface area contributed by atoms with Gasteiger partial charge in [0.25, 0.3) is 0 Å². The lowest BCUT2D eigenvalue weighted by atomic mass is 10.2. The number of carbonyl (C=O) groups is 1. The zero-order valence-electron chi connectivity index (χ0n) is 10.3. The van der Waals surface area contributed by atoms with Gasteiger partial charge in [0.05, 0.1) is 16.7 Å². The summed E-state index contributed by atoms with van der Waals surface area (Å²) >= 11 is 6.41. The van der Waals surface area contributed by atoms with E-state index < -0.39 is 0 Å². The fourth-order valence-electron chi connectivity index (χ4n) is 1.51. The predicted molar refractivity (Wildman–Crippen MR) is 79.7 cm³/mol. The first kappa shape index (κ1) is 14.9. The Morgan fingerprint density at radius 3 is 2.47 bits per heavy atom. The Morgan fingerprint density at radius 2 is 2.00 bits per heavy atom. The summed E-state index contributed by atoms with van der Waals surface area (Å²) in [5.41, 5.74) is 2.82. The van der Waals surface area contributed by atoms with Crippen LogP contribution in [0.1, 0.15) is 11.3 Å². The average Bonchev–Trinajstić information content (AvgIpc) is 2.33. The fourth-order valence-corrected chi connectivity index (χ4v) is 3.16. The van der Waals surface area contributed by atoms with Crippen LogP contribution in [0.4, 0.5) is 5.69 Å². The molecule has 0 spiro atoms. The van der Waals surface area contributed by atoms with Crippen LogP contribution in [0.2, 0.25) is 0 Å². The number of hydrogen-bond acceptors (Lipinski definition) is 4. The molecule has 0 aromatic carbocycles. The number of aromatic nitrogens is 1. The molecule has 1 amide bonds. The van der Waals surface area contributed by atoms with Gasteiger partial charge in [-0.2, -0.15) is 0 Å². The molecule has 0 saturated heterocycles. The predicted octanol–water partition coefficient (Wildman–Crippen LogP) is 3.48. The molecule has 1 N–H and O–H groups in total. The van der Waals surface area contributed by atoms with Crippen LogP contribution in [0.5, 0.6) is 0 Å². The SMILES string of the molecule is CSc1nc(C)c(NC(=O)CBr)c(SC)c1C. The first-order valence-corrected chi connectivity index (χ1v) is 8.57. The van der Waals surface area contributed by atoms with Crippen molar-refractivity contribution in [3.05, 3.63) is 11.3 Å². The monoisotopic (exact) mass is 334 g/mol. The minimum Gasteiger partial charge on any atom is -0.323 e. The first-order chi connectivity index (χ1) is 8.04. The highest BCUT2D eigenvalue weighted by molar-refractivity contribution is 9.09. The third-order valence-corrected chi connectivity index (χ3v) is 4.51. The summed E-state index contributed by atoms with van der Waals surface area (Å²) in [5, 5.41) is 4.21. The Hall–Kier alpha value is -0.200. The second-order valence-electron chi connectivity index (χ2n) is 3.42. The standard InChI is InChI=1S/C11H15BrN2OS2/c1-6-10(16-3)9(14-8(15)5-12)7(2)13-11(6)17-4/h5H2,1-4H3,(H,14,15). The van der Waals surface area contributed by atoms with E-state index in [-0.39, 0.29) is 5.91 Å². The molecule has 0 aliphatic heterocycles. The quantitative estimate of drug-likeness (QED) is 0.676. The molecule has 1 rings (SSSR count). The number of halogens is 1. The van der Waals surface area contributed by atoms with Crippen LogP contribution < -0.4 is 5.32 Å². The lowest BCUT2D eigenvalue weighted by Gasteiger charge is -2.16. The van der Waals surface area contributed by atoms with Crippen molar-refractivity contribution in [1.29, 1.82) is 0 Å². The third-order valence-electron chi connectivity index (χ3n) is 2.30. The highest BCUT2D eigenvalue weighted by Crippen LogP contribution is 2.35. The summed E-state index contributed by atoms with van der Waals surface area (Å²) in [6.07, 6.45) is 4.02. The fraction of sp³-hybridized carbons (Fsp3) is 0.455. The van der Waals surface area contributed by atoms with E-state index >= 15 is 0 Å². The molecule has 17 heavy (non-hydrogen) atoms. The topological polar surface area (TPSA) is 42.0 Å². The van der Waals surface area contributed by atoms with Gasteiger partial charge in [-0.1, -0.05) is 15.9 Å². The van der Waals surface area contributed by atoms with E-state index in [1.807, 2.05) is 26.4 Å². The number of rotatable bonds is 4. The molecular weight excluding hydrogens is 320 g/mol. The number of thioether (sulfide) groups is 2. The summed E-state index contributed by atoms with van der Waals surface area (Å²) in [5.74, 6) is -0.0542. The van der Waals surface area contributed by atoms with Crippen LogP contribution in [-0.2, 0) is 4.79 Å². The van der Waals surface area contributed by atoms with E-state index in [1.54, 1.807) is 23.5 Å². The Kier molecular flexibility index (Phi) is 5.82. The molecule has 0 aliphatic carbocycles. The van der Waals surface area contributed by atoms with Crippen LogP contribution in [0, 0.1) is 13.8 Å². The van der Waals surface area contributed by atoms with Gasteiger partial charge in [0.15, 0.2) is 0 Å². The van der Waals surface area contributed by atoms with Gasteiger partial charge >= 0.3 is 0 Å². The molecule has 1 aromatic heterocycles. The number of amides is 1. The molecule has 0 bridgehead atoms. The molecule has 0 unspecified atom stereocenters. The van der Waals surface area contributed by atoms with Crippen molar-refractivity contribution < 1.29 is 4.79 Å². The maximum atomic E-state index is 11.5. The van der Waals surface area contributed by atoms with Gasteiger partial charge in [0.2, 0.25) is 5.91 Å². The number of aryl methyl sites for hydroxylation is 1. The molecule has 0 saturated carbocycles. The second-order valence-corrected chi connectivity index (χ2v) is 5.59. The van der Waals surface area contributed by atoms with Crippen molar-refractivity contribution in [3.63, 3.8) is 0 Å². The normalized spacial score (nSPS) is 10.4. The van der Waals surface area contributed by atoms with E-state index in [4.69, 9.17) is 0 Å². The molecule has 0 atom stereocenters. The molecule has 0 fully saturated rings. The maximum Gasteiger partial charge on any atom is 0.235 e. The summed E-state index contributed by atoms with van der Waals surface area (Å²) in [6, 6.07) is 0. The lowest BCUT2D eigenvalue weighted by Crippen LogP contribution is -2.15. The van der Waals surface area contributed by atoms with Crippen LogP contribution in [0.3, 0.4) is 0 Å². The van der Waals surface area contributed by atoms with Crippen LogP contribution >= 0.6 is 39.5 Å². The highest BCUT2D eigenvalue weighted by Gasteiger charge is 2.15. The lowest BCUT2D eigenvalue weighted by molar-refractivity contribution is -0.113. The Bertz CT molecular complexity index is 438. The van der Waals surface area contributed by atoms with E-state index in [0.29, 0.717) is 5.33 Å². The van der Waals surface area contributed by atoms with Gasteiger partial charge in [-0.15, -0.1) is 23.5 Å². The summed E-state index contributed by atoms with van der Waals surface area (Å²) < 4.78 is 0. The van der Waals surface area contributed by atoms with Crippen molar-refractivity contribution in [2.45, 2.75) is 23.8 Å². The number of anilines is 1. The third kappa shape index (κ3) is 3.39. The summed E-state index contributed by atoms with van der Waals surface area (Å²) in [4.78, 5) is 17.1. The molecule has 6 heteroatoms. The van der Waals surface area contributed by atoms with Gasteiger partial charge in [-0.05, 0) is 31.9 Å². The van der Waals surface area contributed by atoms with Crippen LogP contribution in [0.25, 0.3) is 0 Å². The number of hydrogen-bond donors (Lipinski definition) is 1. The van der Waals surface area contributed by atoms with Crippen molar-refractivity contribution in [3.8, 4) is 0 Å². The molecule has 0 aliphatic rings. The van der Waals surface area contributed by atoms with Crippen molar-refractivity contribution in [2.75, 3.05) is 23.2 Å². The number of nitrogens with one attached hydrogen (secondary N) is 1. The van der Waals surface area contributed by atoms with Crippen molar-refractivity contribution >= 4 is 51.0 Å². The minimum atomic E-state index is -0.0542. The number of nitrogens with zero attached hydrogens (tertiary/aromatic N) is 1. The van der Waals surface area contributed by atoms with Gasteiger partial charge in [0.1, 0.15) is 5.03 Å². The van der Waals surface area contributed by atoms with Gasteiger partial charge in [-0.25, -0.2) is 4.98 Å². The zero-order valence-corrected chi connectivity index (χ0v) is 13.5. The number of alkyl halides is 1. The molecular formula is C11H15BrN2OS2. The van der Waals surface area contributed by atoms with E-state index in [2.05, 4.69) is 26.2 Å². The average molecular weight is 335 g/mol. The van der Waals surface area contributed by atoms with Gasteiger partial charge in [-0.3, -0.25) is 4.79 Å². The van der Waals surface area contributed by atoms with Gasteiger partial charge < -0.3 is 5.32 Å². The molecule has 1 heterocycles. The summed E-state index contributed by atoms with van der Waals surface area (Å²) in [7, 11) is 0. The van der Waals surface area contributed by atoms with Crippen molar-refractivity contribution in [1.82, 2.24) is 4.98 Å². The van der Waals surface area contributed by atoms with Crippen LogP contribution in [0.15, 0.2) is 9.92 Å². The van der Waals surface area contributed by atoms with Crippen molar-refractivity contribution in [2.24, 2.45) is 0 Å². The molecule has 94 valence electrons. The Morgan fingerprint density at radius 1 is 1.35 bits per heavy atom.